The number of para-hydroxylation sites is 1. The molecule has 1 fully saturated rings. The van der Waals surface area contributed by atoms with Gasteiger partial charge in [0.1, 0.15) is 0 Å². The lowest BCUT2D eigenvalue weighted by molar-refractivity contribution is 0.0950. The number of carbonyl (C=O) groups excluding carboxylic acids is 2. The van der Waals surface area contributed by atoms with Gasteiger partial charge in [0.2, 0.25) is 0 Å². The summed E-state index contributed by atoms with van der Waals surface area (Å²) < 4.78 is 0. The SMILES string of the molecule is O=C(NCCCN1CCN(c2cccc(Cl)c2)CC1)c1ccc2c(c1)NC(=O)c1ccccc1N2. The first-order valence-electron chi connectivity index (χ1n) is 11.9. The van der Waals surface area contributed by atoms with Crippen molar-refractivity contribution in [3.63, 3.8) is 0 Å². The van der Waals surface area contributed by atoms with Crippen LogP contribution in [0.1, 0.15) is 27.1 Å². The van der Waals surface area contributed by atoms with Gasteiger partial charge < -0.3 is 20.9 Å². The van der Waals surface area contributed by atoms with Gasteiger partial charge >= 0.3 is 0 Å². The van der Waals surface area contributed by atoms with Gasteiger partial charge in [-0.2, -0.15) is 0 Å². The van der Waals surface area contributed by atoms with E-state index < -0.39 is 0 Å². The summed E-state index contributed by atoms with van der Waals surface area (Å²) in [5.74, 6) is -0.338. The molecule has 7 nitrogen and oxygen atoms in total. The highest BCUT2D eigenvalue weighted by atomic mass is 35.5. The summed E-state index contributed by atoms with van der Waals surface area (Å²) in [5.41, 5.74) is 4.36. The second-order valence-corrected chi connectivity index (χ2v) is 9.24. The molecule has 180 valence electrons. The molecule has 0 atom stereocenters. The van der Waals surface area contributed by atoms with E-state index in [1.165, 1.54) is 5.69 Å². The first kappa shape index (κ1) is 23.2. The van der Waals surface area contributed by atoms with Gasteiger partial charge in [0, 0.05) is 49.0 Å². The van der Waals surface area contributed by atoms with Crippen LogP contribution in [0.4, 0.5) is 22.7 Å². The van der Waals surface area contributed by atoms with E-state index in [4.69, 9.17) is 11.6 Å². The quantitative estimate of drug-likeness (QED) is 0.441. The van der Waals surface area contributed by atoms with Crippen LogP contribution in [0.25, 0.3) is 0 Å². The van der Waals surface area contributed by atoms with Crippen LogP contribution in [0.15, 0.2) is 66.7 Å². The number of hydrogen-bond donors (Lipinski definition) is 3. The molecule has 2 amide bonds. The fourth-order valence-corrected chi connectivity index (χ4v) is 4.72. The lowest BCUT2D eigenvalue weighted by Gasteiger charge is -2.36. The van der Waals surface area contributed by atoms with Crippen LogP contribution in [0.5, 0.6) is 0 Å². The maximum Gasteiger partial charge on any atom is 0.257 e. The zero-order valence-electron chi connectivity index (χ0n) is 19.4. The fourth-order valence-electron chi connectivity index (χ4n) is 4.53. The summed E-state index contributed by atoms with van der Waals surface area (Å²) in [6.07, 6.45) is 0.876. The Morgan fingerprint density at radius 2 is 1.71 bits per heavy atom. The van der Waals surface area contributed by atoms with Crippen LogP contribution in [-0.4, -0.2) is 56.0 Å². The number of carbonyl (C=O) groups is 2. The summed E-state index contributed by atoms with van der Waals surface area (Å²) in [5, 5.41) is 9.95. The van der Waals surface area contributed by atoms with Gasteiger partial charge in [-0.25, -0.2) is 0 Å². The normalized spacial score (nSPS) is 15.3. The van der Waals surface area contributed by atoms with Crippen molar-refractivity contribution in [2.45, 2.75) is 6.42 Å². The molecule has 3 N–H and O–H groups in total. The lowest BCUT2D eigenvalue weighted by Crippen LogP contribution is -2.47. The molecule has 3 aromatic rings. The minimum absolute atomic E-state index is 0.144. The van der Waals surface area contributed by atoms with Crippen LogP contribution in [0, 0.1) is 0 Å². The maximum atomic E-state index is 12.7. The Morgan fingerprint density at radius 3 is 2.54 bits per heavy atom. The molecule has 2 heterocycles. The van der Waals surface area contributed by atoms with E-state index in [9.17, 15) is 9.59 Å². The number of piperazine rings is 1. The average molecular weight is 490 g/mol. The van der Waals surface area contributed by atoms with Crippen molar-refractivity contribution in [3.8, 4) is 0 Å². The molecule has 0 unspecified atom stereocenters. The highest BCUT2D eigenvalue weighted by molar-refractivity contribution is 6.30. The standard InChI is InChI=1S/C27H28ClN5O2/c28-20-5-3-6-21(18-20)33-15-13-32(14-16-33)12-4-11-29-26(34)19-9-10-24-25(17-19)31-27(35)22-7-1-2-8-23(22)30-24/h1-3,5-10,17-18,30H,4,11-16H2,(H,29,34)(H,31,35). The van der Waals surface area contributed by atoms with Crippen LogP contribution >= 0.6 is 11.6 Å². The minimum Gasteiger partial charge on any atom is -0.369 e. The molecule has 35 heavy (non-hydrogen) atoms. The summed E-state index contributed by atoms with van der Waals surface area (Å²) in [7, 11) is 0. The third-order valence-electron chi connectivity index (χ3n) is 6.45. The van der Waals surface area contributed by atoms with Gasteiger partial charge in [-0.05, 0) is 61.5 Å². The van der Waals surface area contributed by atoms with Gasteiger partial charge in [0.15, 0.2) is 0 Å². The first-order valence-corrected chi connectivity index (χ1v) is 12.3. The fraction of sp³-hybridized carbons (Fsp3) is 0.259. The van der Waals surface area contributed by atoms with Crippen molar-refractivity contribution in [2.75, 3.05) is 54.8 Å². The van der Waals surface area contributed by atoms with Gasteiger partial charge in [0.05, 0.1) is 22.6 Å². The van der Waals surface area contributed by atoms with Crippen LogP contribution in [0.3, 0.4) is 0 Å². The molecular formula is C27H28ClN5O2. The van der Waals surface area contributed by atoms with Crippen molar-refractivity contribution in [2.24, 2.45) is 0 Å². The molecular weight excluding hydrogens is 462 g/mol. The summed E-state index contributed by atoms with van der Waals surface area (Å²) in [6, 6.07) is 20.6. The molecule has 1 saturated heterocycles. The van der Waals surface area contributed by atoms with E-state index in [-0.39, 0.29) is 11.8 Å². The zero-order chi connectivity index (χ0) is 24.2. The number of hydrogen-bond acceptors (Lipinski definition) is 5. The predicted molar refractivity (Wildman–Crippen MR) is 141 cm³/mol. The monoisotopic (exact) mass is 489 g/mol. The number of anilines is 4. The van der Waals surface area contributed by atoms with Gasteiger partial charge in [-0.15, -0.1) is 0 Å². The topological polar surface area (TPSA) is 76.7 Å². The number of nitrogens with one attached hydrogen (secondary N) is 3. The Bertz CT molecular complexity index is 1240. The Labute approximate surface area is 210 Å². The molecule has 0 aromatic heterocycles. The second-order valence-electron chi connectivity index (χ2n) is 8.80. The third-order valence-corrected chi connectivity index (χ3v) is 6.69. The summed E-state index contributed by atoms with van der Waals surface area (Å²) in [4.78, 5) is 30.1. The van der Waals surface area contributed by atoms with E-state index in [1.54, 1.807) is 18.2 Å². The zero-order valence-corrected chi connectivity index (χ0v) is 20.1. The van der Waals surface area contributed by atoms with Crippen molar-refractivity contribution >= 4 is 46.2 Å². The number of nitrogens with zero attached hydrogens (tertiary/aromatic N) is 2. The van der Waals surface area contributed by atoms with Crippen molar-refractivity contribution in [1.82, 2.24) is 10.2 Å². The summed E-state index contributed by atoms with van der Waals surface area (Å²) in [6.45, 7) is 5.43. The van der Waals surface area contributed by atoms with Gasteiger partial charge in [0.25, 0.3) is 11.8 Å². The number of fused-ring (bicyclic) bond motifs is 2. The molecule has 0 spiro atoms. The lowest BCUT2D eigenvalue weighted by atomic mass is 10.1. The predicted octanol–water partition coefficient (Wildman–Crippen LogP) is 4.59. The van der Waals surface area contributed by atoms with E-state index in [0.29, 0.717) is 23.4 Å². The van der Waals surface area contributed by atoms with Crippen molar-refractivity contribution < 1.29 is 9.59 Å². The Kier molecular flexibility index (Phi) is 6.88. The number of benzene rings is 3. The van der Waals surface area contributed by atoms with E-state index in [0.717, 1.165) is 55.5 Å². The molecule has 2 aliphatic rings. The highest BCUT2D eigenvalue weighted by Crippen LogP contribution is 2.32. The van der Waals surface area contributed by atoms with Crippen molar-refractivity contribution in [1.29, 1.82) is 0 Å². The summed E-state index contributed by atoms with van der Waals surface area (Å²) >= 11 is 6.12. The van der Waals surface area contributed by atoms with Gasteiger partial charge in [-0.1, -0.05) is 29.8 Å². The first-order chi connectivity index (χ1) is 17.1. The Hall–Kier alpha value is -3.55. The average Bonchev–Trinajstić information content (AvgIpc) is 3.02. The molecule has 0 aliphatic carbocycles. The van der Waals surface area contributed by atoms with E-state index in [1.807, 2.05) is 42.5 Å². The molecule has 3 aromatic carbocycles. The van der Waals surface area contributed by atoms with E-state index >= 15 is 0 Å². The largest absolute Gasteiger partial charge is 0.369 e. The Balaban J connectivity index is 1.09. The Morgan fingerprint density at radius 1 is 0.886 bits per heavy atom. The third kappa shape index (κ3) is 5.42. The number of halogens is 1. The number of amides is 2. The van der Waals surface area contributed by atoms with E-state index in [2.05, 4.69) is 31.8 Å². The highest BCUT2D eigenvalue weighted by Gasteiger charge is 2.20. The molecule has 0 saturated carbocycles. The maximum absolute atomic E-state index is 12.7. The molecule has 0 radical (unpaired) electrons. The molecule has 8 heteroatoms. The molecule has 5 rings (SSSR count). The smallest absolute Gasteiger partial charge is 0.257 e. The minimum atomic E-state index is -0.195. The van der Waals surface area contributed by atoms with Crippen LogP contribution < -0.4 is 20.9 Å². The molecule has 0 bridgehead atoms. The molecule has 2 aliphatic heterocycles. The second kappa shape index (κ2) is 10.4. The van der Waals surface area contributed by atoms with Crippen LogP contribution in [-0.2, 0) is 0 Å². The van der Waals surface area contributed by atoms with Gasteiger partial charge in [-0.3, -0.25) is 14.5 Å². The van der Waals surface area contributed by atoms with Crippen molar-refractivity contribution in [3.05, 3.63) is 82.9 Å². The van der Waals surface area contributed by atoms with Crippen LogP contribution in [0.2, 0.25) is 5.02 Å². The number of rotatable bonds is 6.